The van der Waals surface area contributed by atoms with E-state index in [1.165, 1.54) is 12.1 Å². The molecule has 2 aliphatic heterocycles. The second-order valence-electron chi connectivity index (χ2n) is 14.8. The summed E-state index contributed by atoms with van der Waals surface area (Å²) in [7, 11) is 1.98. The number of likely N-dealkylation sites (N-methyl/N-ethyl adjacent to an activating group) is 1. The number of rotatable bonds is 7. The maximum atomic E-state index is 14.0. The van der Waals surface area contributed by atoms with E-state index in [1.807, 2.05) is 32.7 Å². The van der Waals surface area contributed by atoms with Gasteiger partial charge in [-0.15, -0.1) is 0 Å². The van der Waals surface area contributed by atoms with Crippen LogP contribution in [-0.2, 0) is 20.8 Å². The summed E-state index contributed by atoms with van der Waals surface area (Å²) in [6.45, 7) is 13.7. The summed E-state index contributed by atoms with van der Waals surface area (Å²) in [6.07, 6.45) is 5.73. The van der Waals surface area contributed by atoms with Gasteiger partial charge in [0.15, 0.2) is 0 Å². The fraction of sp³-hybridized carbons (Fsp3) is 0.727. The van der Waals surface area contributed by atoms with E-state index in [-0.39, 0.29) is 41.4 Å². The monoisotopic (exact) mass is 585 g/mol. The van der Waals surface area contributed by atoms with Gasteiger partial charge in [0.05, 0.1) is 11.5 Å². The summed E-state index contributed by atoms with van der Waals surface area (Å²) < 4.78 is 13.6. The highest BCUT2D eigenvalue weighted by atomic mass is 19.1. The fourth-order valence-corrected chi connectivity index (χ4v) is 6.99. The largest absolute Gasteiger partial charge is 0.351 e. The van der Waals surface area contributed by atoms with E-state index in [0.717, 1.165) is 37.8 Å². The molecule has 234 valence electrons. The zero-order valence-corrected chi connectivity index (χ0v) is 26.5. The Bertz CT molecular complexity index is 1100. The first-order chi connectivity index (χ1) is 19.7. The van der Waals surface area contributed by atoms with Crippen LogP contribution in [0.4, 0.5) is 4.39 Å². The highest BCUT2D eigenvalue weighted by molar-refractivity contribution is 5.90. The predicted molar refractivity (Wildman–Crippen MR) is 163 cm³/mol. The number of halogens is 1. The van der Waals surface area contributed by atoms with Gasteiger partial charge in [-0.05, 0) is 95.4 Å². The lowest BCUT2D eigenvalue weighted by Crippen LogP contribution is -2.61. The molecule has 1 saturated carbocycles. The van der Waals surface area contributed by atoms with Crippen LogP contribution in [0.5, 0.6) is 0 Å². The molecule has 0 aromatic heterocycles. The molecule has 3 amide bonds. The molecule has 1 aliphatic carbocycles. The number of likely N-dealkylation sites (tertiary alicyclic amines) is 1. The average molecular weight is 586 g/mol. The van der Waals surface area contributed by atoms with Crippen molar-refractivity contribution in [1.82, 2.24) is 25.8 Å². The number of benzene rings is 1. The molecule has 2 heterocycles. The fourth-order valence-electron chi connectivity index (χ4n) is 6.99. The zero-order chi connectivity index (χ0) is 30.7. The lowest BCUT2D eigenvalue weighted by atomic mass is 9.59. The first-order valence-corrected chi connectivity index (χ1v) is 15.8. The van der Waals surface area contributed by atoms with Gasteiger partial charge in [-0.1, -0.05) is 26.0 Å². The molecule has 0 spiro atoms. The van der Waals surface area contributed by atoms with Gasteiger partial charge in [0.2, 0.25) is 17.7 Å². The molecule has 9 heteroatoms. The minimum Gasteiger partial charge on any atom is -0.351 e. The van der Waals surface area contributed by atoms with Gasteiger partial charge in [-0.3, -0.25) is 14.4 Å². The number of piperidine rings is 1. The van der Waals surface area contributed by atoms with Crippen LogP contribution in [0, 0.1) is 22.6 Å². The summed E-state index contributed by atoms with van der Waals surface area (Å²) in [6, 6.07) is 4.91. The topological polar surface area (TPSA) is 93.8 Å². The Morgan fingerprint density at radius 3 is 2.21 bits per heavy atom. The second kappa shape index (κ2) is 13.0. The quantitative estimate of drug-likeness (QED) is 0.456. The van der Waals surface area contributed by atoms with Gasteiger partial charge in [-0.25, -0.2) is 4.39 Å². The van der Waals surface area contributed by atoms with E-state index in [0.29, 0.717) is 44.4 Å². The maximum Gasteiger partial charge on any atom is 0.245 e. The summed E-state index contributed by atoms with van der Waals surface area (Å²) >= 11 is 0. The summed E-state index contributed by atoms with van der Waals surface area (Å²) in [4.78, 5) is 45.1. The Kier molecular flexibility index (Phi) is 10.0. The van der Waals surface area contributed by atoms with E-state index in [9.17, 15) is 18.8 Å². The summed E-state index contributed by atoms with van der Waals surface area (Å²) in [5, 5.41) is 9.55. The molecule has 3 N–H and O–H groups in total. The van der Waals surface area contributed by atoms with E-state index in [4.69, 9.17) is 0 Å². The number of piperazine rings is 1. The number of hydrogen-bond acceptors (Lipinski definition) is 5. The van der Waals surface area contributed by atoms with Crippen LogP contribution < -0.4 is 16.0 Å². The van der Waals surface area contributed by atoms with Gasteiger partial charge in [-0.2, -0.15) is 0 Å². The molecule has 42 heavy (non-hydrogen) atoms. The third kappa shape index (κ3) is 8.10. The third-order valence-electron chi connectivity index (χ3n) is 9.69. The number of nitrogens with one attached hydrogen (secondary N) is 3. The van der Waals surface area contributed by atoms with Crippen LogP contribution in [0.25, 0.3) is 0 Å². The van der Waals surface area contributed by atoms with Crippen molar-refractivity contribution in [2.45, 2.75) is 97.2 Å². The Balaban J connectivity index is 1.51. The number of nitrogens with zero attached hydrogens (tertiary/aromatic N) is 2. The first-order valence-electron chi connectivity index (χ1n) is 15.8. The SMILES string of the molecule is CN1CCN[C@@H](C(=O)N[C@@H](Cc2ccc(F)cc2)C(=O)N2CCC(C(=O)NC(C)(C)C)(C3CCC(C)(C)CC3)CC2)C1. The molecular formula is C33H52FN5O3. The van der Waals surface area contributed by atoms with E-state index in [2.05, 4.69) is 34.7 Å². The molecule has 8 nitrogen and oxygen atoms in total. The zero-order valence-electron chi connectivity index (χ0n) is 26.5. The van der Waals surface area contributed by atoms with Crippen molar-refractivity contribution in [2.24, 2.45) is 16.7 Å². The molecule has 0 radical (unpaired) electrons. The normalized spacial score (nSPS) is 24.1. The smallest absolute Gasteiger partial charge is 0.245 e. The number of amides is 3. The molecule has 1 aromatic carbocycles. The van der Waals surface area contributed by atoms with Crippen molar-refractivity contribution < 1.29 is 18.8 Å². The Morgan fingerprint density at radius 1 is 1.02 bits per heavy atom. The van der Waals surface area contributed by atoms with Crippen LogP contribution in [0.3, 0.4) is 0 Å². The maximum absolute atomic E-state index is 14.0. The Hall–Kier alpha value is -2.52. The highest BCUT2D eigenvalue weighted by Crippen LogP contribution is 2.50. The van der Waals surface area contributed by atoms with Gasteiger partial charge in [0, 0.05) is 44.7 Å². The van der Waals surface area contributed by atoms with Crippen LogP contribution in [0.15, 0.2) is 24.3 Å². The molecule has 0 bridgehead atoms. The van der Waals surface area contributed by atoms with Gasteiger partial charge in [0.25, 0.3) is 0 Å². The van der Waals surface area contributed by atoms with Crippen molar-refractivity contribution in [3.05, 3.63) is 35.6 Å². The molecule has 2 saturated heterocycles. The van der Waals surface area contributed by atoms with Crippen molar-refractivity contribution in [2.75, 3.05) is 39.8 Å². The van der Waals surface area contributed by atoms with Crippen LogP contribution in [0.1, 0.15) is 78.7 Å². The second-order valence-corrected chi connectivity index (χ2v) is 14.8. The van der Waals surface area contributed by atoms with Crippen LogP contribution in [-0.4, -0.2) is 84.9 Å². The highest BCUT2D eigenvalue weighted by Gasteiger charge is 2.50. The molecule has 1 aromatic rings. The molecule has 3 aliphatic rings. The lowest BCUT2D eigenvalue weighted by Gasteiger charge is -2.49. The average Bonchev–Trinajstić information content (AvgIpc) is 2.92. The molecule has 3 fully saturated rings. The summed E-state index contributed by atoms with van der Waals surface area (Å²) in [5.41, 5.74) is 0.233. The van der Waals surface area contributed by atoms with Crippen molar-refractivity contribution in [3.63, 3.8) is 0 Å². The third-order valence-corrected chi connectivity index (χ3v) is 9.69. The lowest BCUT2D eigenvalue weighted by molar-refractivity contribution is -0.148. The van der Waals surface area contributed by atoms with Crippen molar-refractivity contribution >= 4 is 17.7 Å². The molecule has 0 unspecified atom stereocenters. The van der Waals surface area contributed by atoms with Crippen molar-refractivity contribution in [3.8, 4) is 0 Å². The molecule has 4 rings (SSSR count). The first kappa shape index (κ1) is 32.4. The predicted octanol–water partition coefficient (Wildman–Crippen LogP) is 3.50. The van der Waals surface area contributed by atoms with Crippen molar-refractivity contribution in [1.29, 1.82) is 0 Å². The van der Waals surface area contributed by atoms with E-state index < -0.39 is 17.5 Å². The van der Waals surface area contributed by atoms with Crippen LogP contribution in [0.2, 0.25) is 0 Å². The molecular weight excluding hydrogens is 533 g/mol. The number of carbonyl (C=O) groups excluding carboxylic acids is 3. The number of carbonyl (C=O) groups is 3. The number of hydrogen-bond donors (Lipinski definition) is 3. The van der Waals surface area contributed by atoms with E-state index >= 15 is 0 Å². The van der Waals surface area contributed by atoms with Gasteiger partial charge >= 0.3 is 0 Å². The molecule has 2 atom stereocenters. The van der Waals surface area contributed by atoms with Gasteiger partial charge < -0.3 is 25.8 Å². The van der Waals surface area contributed by atoms with Crippen LogP contribution >= 0.6 is 0 Å². The van der Waals surface area contributed by atoms with Gasteiger partial charge in [0.1, 0.15) is 11.9 Å². The van der Waals surface area contributed by atoms with E-state index in [1.54, 1.807) is 12.1 Å². The minimum atomic E-state index is -0.775. The Morgan fingerprint density at radius 2 is 1.64 bits per heavy atom. The minimum absolute atomic E-state index is 0.107. The standard InChI is InChI=1S/C33H52FN5O3/c1-31(2,3)37-30(42)33(24-11-13-32(4,5)14-12-24)15-18-39(19-16-33)29(41)26(21-23-7-9-25(34)10-8-23)36-28(40)27-22-38(6)20-17-35-27/h7-10,24,26-27,35H,11-22H2,1-6H3,(H,36,40)(H,37,42)/t26-,27+/m0/s1. The Labute approximate surface area is 251 Å². The summed E-state index contributed by atoms with van der Waals surface area (Å²) in [5.74, 6) is -0.300.